The van der Waals surface area contributed by atoms with E-state index in [1.165, 1.54) is 24.1 Å². The molecule has 1 amide bonds. The largest absolute Gasteiger partial charge is 0.493 e. The lowest BCUT2D eigenvalue weighted by Gasteiger charge is -2.31. The van der Waals surface area contributed by atoms with Gasteiger partial charge in [0.2, 0.25) is 10.0 Å². The topological polar surface area (TPSA) is 76.2 Å². The highest BCUT2D eigenvalue weighted by molar-refractivity contribution is 7.92. The maximum Gasteiger partial charge on any atom is 0.256 e. The van der Waals surface area contributed by atoms with Gasteiger partial charge in [-0.05, 0) is 41.3 Å². The Morgan fingerprint density at radius 3 is 2.26 bits per heavy atom. The number of ether oxygens (including phenoxy) is 2. The number of anilines is 1. The van der Waals surface area contributed by atoms with Gasteiger partial charge in [0, 0.05) is 24.2 Å². The normalized spacial score (nSPS) is 13.2. The smallest absolute Gasteiger partial charge is 0.256 e. The molecule has 1 heterocycles. The molecule has 0 aliphatic carbocycles. The molecule has 0 bridgehead atoms. The molecule has 4 rings (SSSR count). The first-order valence-corrected chi connectivity index (χ1v) is 13.3. The van der Waals surface area contributed by atoms with E-state index in [0.717, 1.165) is 23.8 Å². The fourth-order valence-electron chi connectivity index (χ4n) is 4.22. The number of rotatable bonds is 7. The van der Waals surface area contributed by atoms with Crippen molar-refractivity contribution in [3.8, 4) is 11.5 Å². The molecule has 0 saturated carbocycles. The van der Waals surface area contributed by atoms with Crippen LogP contribution in [-0.4, -0.2) is 46.2 Å². The molecule has 0 unspecified atom stereocenters. The highest BCUT2D eigenvalue weighted by Crippen LogP contribution is 2.38. The van der Waals surface area contributed by atoms with Gasteiger partial charge in [-0.15, -0.1) is 0 Å². The first kappa shape index (κ1) is 24.9. The fourth-order valence-corrected chi connectivity index (χ4v) is 5.24. The minimum Gasteiger partial charge on any atom is -0.493 e. The number of hydrogen-bond donors (Lipinski definition) is 0. The first-order valence-electron chi connectivity index (χ1n) is 11.1. The zero-order chi connectivity index (χ0) is 25.2. The van der Waals surface area contributed by atoms with Crippen molar-refractivity contribution in [3.05, 3.63) is 87.9 Å². The molecule has 0 aromatic heterocycles. The molecule has 35 heavy (non-hydrogen) atoms. The second kappa shape index (κ2) is 10.2. The van der Waals surface area contributed by atoms with Crippen LogP contribution in [0.4, 0.5) is 5.69 Å². The van der Waals surface area contributed by atoms with Gasteiger partial charge in [-0.25, -0.2) is 8.42 Å². The van der Waals surface area contributed by atoms with Crippen molar-refractivity contribution >= 4 is 33.2 Å². The summed E-state index contributed by atoms with van der Waals surface area (Å²) in [6.45, 7) is 0.993. The number of carbonyl (C=O) groups is 1. The van der Waals surface area contributed by atoms with Crippen molar-refractivity contribution in [1.82, 2.24) is 4.90 Å². The molecule has 7 nitrogen and oxygen atoms in total. The minimum atomic E-state index is -3.77. The number of fused-ring (bicyclic) bond motifs is 1. The van der Waals surface area contributed by atoms with Crippen molar-refractivity contribution < 1.29 is 22.7 Å². The summed E-state index contributed by atoms with van der Waals surface area (Å²) in [6.07, 6.45) is 1.84. The molecule has 0 N–H and O–H groups in total. The van der Waals surface area contributed by atoms with E-state index >= 15 is 0 Å². The summed E-state index contributed by atoms with van der Waals surface area (Å²) >= 11 is 6.00. The molecule has 1 aliphatic heterocycles. The van der Waals surface area contributed by atoms with Crippen LogP contribution in [0.25, 0.3) is 0 Å². The van der Waals surface area contributed by atoms with E-state index < -0.39 is 10.0 Å². The van der Waals surface area contributed by atoms with Gasteiger partial charge in [0.25, 0.3) is 5.91 Å². The van der Waals surface area contributed by atoms with Crippen LogP contribution in [0.1, 0.15) is 27.0 Å². The van der Waals surface area contributed by atoms with E-state index in [2.05, 4.69) is 6.07 Å². The molecule has 9 heteroatoms. The third kappa shape index (κ3) is 5.39. The van der Waals surface area contributed by atoms with Crippen molar-refractivity contribution in [2.45, 2.75) is 19.5 Å². The van der Waals surface area contributed by atoms with E-state index in [4.69, 9.17) is 21.1 Å². The molecule has 1 aliphatic rings. The second-order valence-electron chi connectivity index (χ2n) is 8.37. The van der Waals surface area contributed by atoms with E-state index in [9.17, 15) is 13.2 Å². The molecule has 0 atom stereocenters. The lowest BCUT2D eigenvalue weighted by atomic mass is 9.99. The van der Waals surface area contributed by atoms with Gasteiger partial charge in [0.1, 0.15) is 0 Å². The monoisotopic (exact) mass is 514 g/mol. The predicted molar refractivity (Wildman–Crippen MR) is 137 cm³/mol. The van der Waals surface area contributed by atoms with Crippen molar-refractivity contribution in [3.63, 3.8) is 0 Å². The van der Waals surface area contributed by atoms with Crippen LogP contribution in [0, 0.1) is 0 Å². The average molecular weight is 515 g/mol. The minimum absolute atomic E-state index is 0.0224. The Kier molecular flexibility index (Phi) is 7.23. The summed E-state index contributed by atoms with van der Waals surface area (Å²) in [5, 5.41) is 0.548. The summed E-state index contributed by atoms with van der Waals surface area (Å²) in [7, 11) is -0.829. The predicted octanol–water partition coefficient (Wildman–Crippen LogP) is 4.52. The Hall–Kier alpha value is -3.23. The highest BCUT2D eigenvalue weighted by atomic mass is 35.5. The van der Waals surface area contributed by atoms with Gasteiger partial charge < -0.3 is 14.4 Å². The summed E-state index contributed by atoms with van der Waals surface area (Å²) in [5.74, 6) is 0.393. The molecule has 184 valence electrons. The molecular formula is C26H27ClN2O5S. The maximum absolute atomic E-state index is 13.8. The van der Waals surface area contributed by atoms with E-state index in [1.54, 1.807) is 41.3 Å². The van der Waals surface area contributed by atoms with Crippen LogP contribution in [0.5, 0.6) is 11.5 Å². The summed E-state index contributed by atoms with van der Waals surface area (Å²) < 4.78 is 38.0. The number of amides is 1. The highest BCUT2D eigenvalue weighted by Gasteiger charge is 2.30. The molecule has 0 radical (unpaired) electrons. The van der Waals surface area contributed by atoms with Gasteiger partial charge in [-0.2, -0.15) is 0 Å². The number of benzene rings is 3. The Bertz CT molecular complexity index is 1340. The Balaban J connectivity index is 1.80. The number of sulfonamides is 1. The van der Waals surface area contributed by atoms with Crippen LogP contribution in [0.3, 0.4) is 0 Å². The lowest BCUT2D eigenvalue weighted by Crippen LogP contribution is -2.38. The van der Waals surface area contributed by atoms with Crippen molar-refractivity contribution in [2.24, 2.45) is 0 Å². The van der Waals surface area contributed by atoms with Crippen LogP contribution in [0.2, 0.25) is 5.02 Å². The van der Waals surface area contributed by atoms with E-state index in [-0.39, 0.29) is 23.7 Å². The second-order valence-corrected chi connectivity index (χ2v) is 10.7. The Morgan fingerprint density at radius 1 is 1.00 bits per heavy atom. The molecule has 3 aromatic rings. The van der Waals surface area contributed by atoms with Gasteiger partial charge >= 0.3 is 0 Å². The van der Waals surface area contributed by atoms with Gasteiger partial charge in [-0.1, -0.05) is 48.0 Å². The SMILES string of the molecule is COc1cc(C(=O)N2CCc3ccccc3C2)c(N(Cc2ccc(Cl)cc2)S(C)(=O)=O)cc1OC. The third-order valence-electron chi connectivity index (χ3n) is 6.06. The number of methoxy groups -OCH3 is 2. The van der Waals surface area contributed by atoms with Gasteiger partial charge in [0.05, 0.1) is 38.3 Å². The number of carbonyl (C=O) groups excluding carboxylic acids is 1. The van der Waals surface area contributed by atoms with Crippen LogP contribution in [0.15, 0.2) is 60.7 Å². The Morgan fingerprint density at radius 2 is 1.63 bits per heavy atom. The molecule has 0 spiro atoms. The zero-order valence-corrected chi connectivity index (χ0v) is 21.4. The summed E-state index contributed by atoms with van der Waals surface area (Å²) in [4.78, 5) is 15.5. The quantitative estimate of drug-likeness (QED) is 0.463. The fraction of sp³-hybridized carbons (Fsp3) is 0.269. The number of nitrogens with zero attached hydrogens (tertiary/aromatic N) is 2. The van der Waals surface area contributed by atoms with Crippen molar-refractivity contribution in [2.75, 3.05) is 31.3 Å². The molecule has 3 aromatic carbocycles. The average Bonchev–Trinajstić information content (AvgIpc) is 2.86. The lowest BCUT2D eigenvalue weighted by molar-refractivity contribution is 0.0735. The van der Waals surface area contributed by atoms with E-state index in [1.807, 2.05) is 18.2 Å². The van der Waals surface area contributed by atoms with E-state index in [0.29, 0.717) is 29.6 Å². The Labute approximate surface area is 210 Å². The first-order chi connectivity index (χ1) is 16.7. The zero-order valence-electron chi connectivity index (χ0n) is 19.8. The third-order valence-corrected chi connectivity index (χ3v) is 7.44. The molecule has 0 saturated heterocycles. The van der Waals surface area contributed by atoms with Gasteiger partial charge in [0.15, 0.2) is 11.5 Å². The van der Waals surface area contributed by atoms with Crippen LogP contribution in [-0.2, 0) is 29.5 Å². The standard InChI is InChI=1S/C26H27ClN2O5S/c1-33-24-14-22(26(30)28-13-12-19-6-4-5-7-20(19)17-28)23(15-25(24)34-2)29(35(3,31)32)16-18-8-10-21(27)11-9-18/h4-11,14-15H,12-13,16-17H2,1-3H3. The molecular weight excluding hydrogens is 488 g/mol. The number of halogens is 1. The summed E-state index contributed by atoms with van der Waals surface area (Å²) in [5.41, 5.74) is 3.46. The van der Waals surface area contributed by atoms with Crippen LogP contribution < -0.4 is 13.8 Å². The van der Waals surface area contributed by atoms with Crippen molar-refractivity contribution in [1.29, 1.82) is 0 Å². The van der Waals surface area contributed by atoms with Crippen LogP contribution >= 0.6 is 11.6 Å². The maximum atomic E-state index is 13.8. The summed E-state index contributed by atoms with van der Waals surface area (Å²) in [6, 6.07) is 18.0. The number of hydrogen-bond acceptors (Lipinski definition) is 5. The van der Waals surface area contributed by atoms with Gasteiger partial charge in [-0.3, -0.25) is 9.10 Å². The molecule has 0 fully saturated rings.